The van der Waals surface area contributed by atoms with Crippen LogP contribution in [-0.2, 0) is 8.85 Å². The smallest absolute Gasteiger partial charge is 0.261 e. The molecule has 1 saturated carbocycles. The standard InChI is InChI=1S/C38H48O6Si2/c1-37(2,3)45(27-19-11-7-12-20-27,28-21-13-8-14-22-28)43-35-33(41)31(39)32(40)34(42)36(35)44-46(38(4,5)6,29-23-15-9-16-24-29)30-25-17-10-18-26-30/h7-26,31-36,39-42H,1-6H3/t31-,32-,33-,34+,35-,36-/m1/s1. The van der Waals surface area contributed by atoms with E-state index >= 15 is 0 Å². The lowest BCUT2D eigenvalue weighted by molar-refractivity contribution is -0.214. The van der Waals surface area contributed by atoms with Crippen LogP contribution in [0.2, 0.25) is 10.1 Å². The SMILES string of the molecule is CC(C)(C)[Si](O[C@@H]1[C@H](O)[C@H](O)[C@@H](O)[C@H](O)[C@H]1O[Si](c1ccccc1)(c1ccccc1)C(C)(C)C)(c1ccccc1)c1ccccc1. The maximum absolute atomic E-state index is 11.9. The minimum absolute atomic E-state index is 0.455. The molecule has 4 aromatic carbocycles. The second-order valence-electron chi connectivity index (χ2n) is 14.5. The quantitative estimate of drug-likeness (QED) is 0.217. The fourth-order valence-electron chi connectivity index (χ4n) is 7.25. The van der Waals surface area contributed by atoms with Crippen LogP contribution in [0.15, 0.2) is 121 Å². The monoisotopic (exact) mass is 656 g/mol. The maximum atomic E-state index is 11.9. The summed E-state index contributed by atoms with van der Waals surface area (Å²) in [5.74, 6) is 0. The number of aliphatic hydroxyl groups is 4. The zero-order valence-electron chi connectivity index (χ0n) is 27.6. The van der Waals surface area contributed by atoms with Gasteiger partial charge in [-0.05, 0) is 30.8 Å². The molecule has 1 fully saturated rings. The van der Waals surface area contributed by atoms with Crippen molar-refractivity contribution in [3.63, 3.8) is 0 Å². The minimum Gasteiger partial charge on any atom is -0.399 e. The van der Waals surface area contributed by atoms with Crippen LogP contribution in [0.3, 0.4) is 0 Å². The summed E-state index contributed by atoms with van der Waals surface area (Å²) >= 11 is 0. The van der Waals surface area contributed by atoms with Gasteiger partial charge >= 0.3 is 0 Å². The molecule has 0 radical (unpaired) electrons. The summed E-state index contributed by atoms with van der Waals surface area (Å²) < 4.78 is 14.8. The highest BCUT2D eigenvalue weighted by molar-refractivity contribution is 7.00. The second-order valence-corrected chi connectivity index (χ2v) is 23.0. The van der Waals surface area contributed by atoms with E-state index in [4.69, 9.17) is 8.85 Å². The summed E-state index contributed by atoms with van der Waals surface area (Å²) in [6.07, 6.45) is -8.72. The first-order chi connectivity index (χ1) is 21.8. The van der Waals surface area contributed by atoms with E-state index in [-0.39, 0.29) is 0 Å². The van der Waals surface area contributed by atoms with Crippen LogP contribution in [-0.4, -0.2) is 73.7 Å². The van der Waals surface area contributed by atoms with Gasteiger partial charge in [-0.3, -0.25) is 0 Å². The third kappa shape index (κ3) is 5.97. The molecule has 0 aliphatic heterocycles. The second kappa shape index (κ2) is 13.3. The molecule has 0 bridgehead atoms. The number of hydrogen-bond donors (Lipinski definition) is 4. The van der Waals surface area contributed by atoms with Crippen LogP contribution < -0.4 is 20.7 Å². The van der Waals surface area contributed by atoms with Crippen molar-refractivity contribution in [1.82, 2.24) is 0 Å². The molecule has 0 amide bonds. The molecule has 6 nitrogen and oxygen atoms in total. The van der Waals surface area contributed by atoms with E-state index in [0.717, 1.165) is 20.7 Å². The molecule has 0 aromatic heterocycles. The highest BCUT2D eigenvalue weighted by Crippen LogP contribution is 2.43. The van der Waals surface area contributed by atoms with Gasteiger partial charge < -0.3 is 29.3 Å². The Bertz CT molecular complexity index is 1340. The lowest BCUT2D eigenvalue weighted by atomic mass is 9.85. The summed E-state index contributed by atoms with van der Waals surface area (Å²) in [6, 6.07) is 40.1. The molecular weight excluding hydrogens is 609 g/mol. The molecule has 244 valence electrons. The highest BCUT2D eigenvalue weighted by Gasteiger charge is 2.61. The molecule has 5 rings (SSSR count). The Hall–Kier alpha value is -2.93. The Morgan fingerprint density at radius 1 is 0.391 bits per heavy atom. The Morgan fingerprint density at radius 3 is 0.804 bits per heavy atom. The number of aliphatic hydroxyl groups excluding tert-OH is 4. The van der Waals surface area contributed by atoms with Crippen LogP contribution in [0, 0.1) is 0 Å². The Balaban J connectivity index is 1.76. The van der Waals surface area contributed by atoms with Crippen molar-refractivity contribution < 1.29 is 29.3 Å². The van der Waals surface area contributed by atoms with E-state index in [1.54, 1.807) is 0 Å². The van der Waals surface area contributed by atoms with Gasteiger partial charge in [0.2, 0.25) is 0 Å². The van der Waals surface area contributed by atoms with E-state index in [9.17, 15) is 20.4 Å². The maximum Gasteiger partial charge on any atom is 0.261 e. The first kappa shape index (κ1) is 34.4. The van der Waals surface area contributed by atoms with Gasteiger partial charge in [0.05, 0.1) is 0 Å². The molecule has 8 heteroatoms. The van der Waals surface area contributed by atoms with Crippen molar-refractivity contribution in [3.05, 3.63) is 121 Å². The van der Waals surface area contributed by atoms with Crippen LogP contribution in [0.5, 0.6) is 0 Å². The zero-order chi connectivity index (χ0) is 33.3. The molecule has 46 heavy (non-hydrogen) atoms. The van der Waals surface area contributed by atoms with Crippen LogP contribution >= 0.6 is 0 Å². The van der Waals surface area contributed by atoms with Gasteiger partial charge in [-0.15, -0.1) is 0 Å². The molecular formula is C38H48O6Si2. The molecule has 1 aliphatic carbocycles. The predicted octanol–water partition coefficient (Wildman–Crippen LogP) is 3.33. The molecule has 4 aromatic rings. The van der Waals surface area contributed by atoms with Gasteiger partial charge in [0.25, 0.3) is 16.6 Å². The molecule has 0 unspecified atom stereocenters. The molecule has 6 atom stereocenters. The summed E-state index contributed by atoms with van der Waals surface area (Å²) in [4.78, 5) is 0. The fraction of sp³-hybridized carbons (Fsp3) is 0.368. The van der Waals surface area contributed by atoms with E-state index < -0.39 is 63.3 Å². The van der Waals surface area contributed by atoms with Crippen molar-refractivity contribution >= 4 is 37.4 Å². The van der Waals surface area contributed by atoms with Crippen molar-refractivity contribution in [2.24, 2.45) is 0 Å². The lowest BCUT2D eigenvalue weighted by Gasteiger charge is -2.54. The lowest BCUT2D eigenvalue weighted by Crippen LogP contribution is -2.76. The topological polar surface area (TPSA) is 99.4 Å². The van der Waals surface area contributed by atoms with Gasteiger partial charge in [0.1, 0.15) is 36.6 Å². The molecule has 0 spiro atoms. The summed E-state index contributed by atoms with van der Waals surface area (Å²) in [5.41, 5.74) is 0. The first-order valence-corrected chi connectivity index (χ1v) is 19.9. The van der Waals surface area contributed by atoms with Crippen molar-refractivity contribution in [2.75, 3.05) is 0 Å². The van der Waals surface area contributed by atoms with Crippen LogP contribution in [0.25, 0.3) is 0 Å². The first-order valence-electron chi connectivity index (χ1n) is 16.1. The average molecular weight is 657 g/mol. The van der Waals surface area contributed by atoms with Gasteiger partial charge in [0.15, 0.2) is 0 Å². The van der Waals surface area contributed by atoms with Gasteiger partial charge in [-0.1, -0.05) is 163 Å². The van der Waals surface area contributed by atoms with Gasteiger partial charge in [-0.25, -0.2) is 0 Å². The third-order valence-electron chi connectivity index (χ3n) is 9.51. The van der Waals surface area contributed by atoms with E-state index in [0.29, 0.717) is 0 Å². The fourth-order valence-corrected chi connectivity index (χ4v) is 16.6. The largest absolute Gasteiger partial charge is 0.399 e. The zero-order valence-corrected chi connectivity index (χ0v) is 29.6. The molecule has 1 aliphatic rings. The molecule has 4 N–H and O–H groups in total. The molecule has 0 heterocycles. The summed E-state index contributed by atoms with van der Waals surface area (Å²) in [7, 11) is -6.62. The Morgan fingerprint density at radius 2 is 0.609 bits per heavy atom. The van der Waals surface area contributed by atoms with Gasteiger partial charge in [0, 0.05) is 0 Å². The van der Waals surface area contributed by atoms with Crippen molar-refractivity contribution in [1.29, 1.82) is 0 Å². The number of rotatable bonds is 8. The van der Waals surface area contributed by atoms with Crippen molar-refractivity contribution in [3.8, 4) is 0 Å². The van der Waals surface area contributed by atoms with Crippen LogP contribution in [0.4, 0.5) is 0 Å². The number of benzene rings is 4. The summed E-state index contributed by atoms with van der Waals surface area (Å²) in [5, 5.41) is 49.1. The predicted molar refractivity (Wildman–Crippen MR) is 189 cm³/mol. The van der Waals surface area contributed by atoms with E-state index in [1.165, 1.54) is 0 Å². The third-order valence-corrected chi connectivity index (χ3v) is 19.6. The highest BCUT2D eigenvalue weighted by atomic mass is 28.4. The normalized spacial score (nSPS) is 24.5. The average Bonchev–Trinajstić information content (AvgIpc) is 3.05. The summed E-state index contributed by atoms with van der Waals surface area (Å²) in [6.45, 7) is 12.8. The van der Waals surface area contributed by atoms with E-state index in [1.807, 2.05) is 72.8 Å². The van der Waals surface area contributed by atoms with Gasteiger partial charge in [-0.2, -0.15) is 0 Å². The number of hydrogen-bond acceptors (Lipinski definition) is 6. The van der Waals surface area contributed by atoms with E-state index in [2.05, 4.69) is 90.1 Å². The van der Waals surface area contributed by atoms with Crippen molar-refractivity contribution in [2.45, 2.75) is 88.2 Å². The Labute approximate surface area is 275 Å². The Kier molecular flexibility index (Phi) is 9.94. The van der Waals surface area contributed by atoms with Crippen LogP contribution in [0.1, 0.15) is 41.5 Å². The minimum atomic E-state index is -3.31. The molecule has 0 saturated heterocycles.